The molecule has 3 aliphatic rings. The molecule has 4 aromatic carbocycles. The van der Waals surface area contributed by atoms with Crippen molar-refractivity contribution in [2.45, 2.75) is 17.0 Å². The van der Waals surface area contributed by atoms with Gasteiger partial charge in [-0.1, -0.05) is 0 Å². The van der Waals surface area contributed by atoms with Gasteiger partial charge in [-0.05, 0) is 0 Å². The molecular weight excluding hydrogens is 681 g/mol. The molecule has 4 aromatic rings. The van der Waals surface area contributed by atoms with Crippen LogP contribution in [0.15, 0.2) is 101 Å². The predicted molar refractivity (Wildman–Crippen MR) is 144 cm³/mol. The number of hydrogen-bond donors (Lipinski definition) is 0. The third-order valence-electron chi connectivity index (χ3n) is 6.85. The minimum absolute atomic E-state index is 0. The van der Waals surface area contributed by atoms with Crippen LogP contribution in [0.5, 0.6) is 0 Å². The van der Waals surface area contributed by atoms with E-state index in [0.29, 0.717) is 7.25 Å². The summed E-state index contributed by atoms with van der Waals surface area (Å²) in [6, 6.07) is 34.1. The molecule has 0 saturated heterocycles. The Hall–Kier alpha value is -1.10. The van der Waals surface area contributed by atoms with Crippen LogP contribution in [-0.2, 0) is 23.2 Å². The molecule has 0 aromatic heterocycles. The fraction of sp³-hybridized carbons (Fsp3) is 0.0667. The molecule has 170 valence electrons. The molecule has 1 heterocycles. The topological polar surface area (TPSA) is 0 Å². The summed E-state index contributed by atoms with van der Waals surface area (Å²) in [6.45, 7) is 0. The van der Waals surface area contributed by atoms with Crippen molar-refractivity contribution in [3.63, 3.8) is 0 Å². The fourth-order valence-corrected chi connectivity index (χ4v) is 13.1. The van der Waals surface area contributed by atoms with Crippen molar-refractivity contribution in [3.8, 4) is 0 Å². The van der Waals surface area contributed by atoms with E-state index in [-0.39, 0.29) is 24.8 Å². The van der Waals surface area contributed by atoms with Crippen LogP contribution in [0.2, 0.25) is 0 Å². The van der Waals surface area contributed by atoms with E-state index in [1.54, 1.807) is 16.7 Å². The second-order valence-electron chi connectivity index (χ2n) is 8.73. The Bertz CT molecular complexity index is 1500. The average Bonchev–Trinajstić information content (AvgIpc) is 3.40. The molecule has 0 saturated carbocycles. The van der Waals surface area contributed by atoms with Crippen LogP contribution in [0.3, 0.4) is 0 Å². The van der Waals surface area contributed by atoms with E-state index in [1.165, 1.54) is 41.2 Å². The number of fused-ring (bicyclic) bond motifs is 4. The molecule has 2 aliphatic carbocycles. The molecule has 0 amide bonds. The Kier molecular flexibility index (Phi) is 7.55. The van der Waals surface area contributed by atoms with E-state index < -0.39 is 23.2 Å². The van der Waals surface area contributed by atoms with Crippen molar-refractivity contribution in [3.05, 3.63) is 128 Å². The summed E-state index contributed by atoms with van der Waals surface area (Å²) < 4.78 is 2.54. The Balaban J connectivity index is 0.00000127. The second-order valence-corrected chi connectivity index (χ2v) is 14.7. The van der Waals surface area contributed by atoms with Crippen molar-refractivity contribution in [1.29, 1.82) is 0 Å². The first-order chi connectivity index (χ1) is 16.3. The van der Waals surface area contributed by atoms with Crippen LogP contribution in [0.1, 0.15) is 40.6 Å². The van der Waals surface area contributed by atoms with Crippen molar-refractivity contribution in [1.82, 2.24) is 0 Å². The van der Waals surface area contributed by atoms with E-state index in [9.17, 15) is 0 Å². The molecule has 5 heteroatoms. The molecule has 4 bridgehead atoms. The van der Waals surface area contributed by atoms with Crippen molar-refractivity contribution < 1.29 is 48.0 Å². The zero-order chi connectivity index (χ0) is 21.9. The maximum Gasteiger partial charge on any atom is -1.00 e. The number of rotatable bonds is 3. The van der Waals surface area contributed by atoms with Gasteiger partial charge < -0.3 is 24.8 Å². The standard InChI is InChI=1S/C15H10I.C15H9S.2ClH.Zr/c16-15-8-4-7-12-9-13(10-14(12)15)11-5-2-1-3-6-11;1-3-10-8-13(5-1)16-15-6-2-4-11-7-12(10)9-14(11)15;;;/h1-10H;1-9H;2*1H;/q;;;;+2/p-2. The summed E-state index contributed by atoms with van der Waals surface area (Å²) in [4.78, 5) is 2.76. The van der Waals surface area contributed by atoms with Crippen molar-refractivity contribution >= 4 is 57.7 Å². The molecule has 0 fully saturated rings. The zero-order valence-corrected chi connectivity index (χ0v) is 25.5. The molecule has 7 rings (SSSR count). The van der Waals surface area contributed by atoms with Gasteiger partial charge in [-0.15, -0.1) is 0 Å². The monoisotopic (exact) mass is 698 g/mol. The number of benzene rings is 4. The van der Waals surface area contributed by atoms with Crippen LogP contribution in [0, 0.1) is 3.57 Å². The van der Waals surface area contributed by atoms with Gasteiger partial charge in [0.2, 0.25) is 0 Å². The molecule has 2 atom stereocenters. The Labute approximate surface area is 248 Å². The second kappa shape index (κ2) is 10.3. The van der Waals surface area contributed by atoms with Gasteiger partial charge in [-0.3, -0.25) is 0 Å². The first-order valence-electron chi connectivity index (χ1n) is 11.2. The normalized spacial score (nSPS) is 18.1. The molecule has 1 aliphatic heterocycles. The molecule has 0 N–H and O–H groups in total. The average molecular weight is 701 g/mol. The third-order valence-corrected chi connectivity index (χ3v) is 13.5. The van der Waals surface area contributed by atoms with Gasteiger partial charge in [-0.2, -0.15) is 0 Å². The summed E-state index contributed by atoms with van der Waals surface area (Å²) in [5.74, 6) is 0. The van der Waals surface area contributed by atoms with Crippen molar-refractivity contribution in [2.75, 3.05) is 0 Å². The van der Waals surface area contributed by atoms with Gasteiger partial charge in [0, 0.05) is 0 Å². The van der Waals surface area contributed by atoms with E-state index in [1.807, 2.05) is 11.8 Å². The van der Waals surface area contributed by atoms with Crippen LogP contribution in [-0.4, -0.2) is 0 Å². The molecule has 2 unspecified atom stereocenters. The van der Waals surface area contributed by atoms with Crippen LogP contribution >= 0.6 is 34.4 Å². The number of halogens is 3. The van der Waals surface area contributed by atoms with Crippen LogP contribution in [0.25, 0.3) is 23.3 Å². The van der Waals surface area contributed by atoms with Gasteiger partial charge >= 0.3 is 226 Å². The third kappa shape index (κ3) is 4.36. The van der Waals surface area contributed by atoms with E-state index >= 15 is 0 Å². The first kappa shape index (κ1) is 25.5. The van der Waals surface area contributed by atoms with E-state index in [4.69, 9.17) is 0 Å². The molecule has 0 spiro atoms. The Morgan fingerprint density at radius 3 is 2.29 bits per heavy atom. The predicted octanol–water partition coefficient (Wildman–Crippen LogP) is 2.74. The summed E-state index contributed by atoms with van der Waals surface area (Å²) in [7, 11) is 0. The molecular formula is C30H19Cl2ISZr. The first-order valence-corrected chi connectivity index (χ1v) is 15.9. The summed E-state index contributed by atoms with van der Waals surface area (Å²) in [6.07, 6.45) is 4.99. The Morgan fingerprint density at radius 1 is 0.686 bits per heavy atom. The van der Waals surface area contributed by atoms with Crippen LogP contribution < -0.4 is 24.8 Å². The largest absolute Gasteiger partial charge is 1.00 e. The van der Waals surface area contributed by atoms with E-state index in [0.717, 1.165) is 0 Å². The summed E-state index contributed by atoms with van der Waals surface area (Å²) in [5.41, 5.74) is 11.9. The Morgan fingerprint density at radius 2 is 1.43 bits per heavy atom. The zero-order valence-electron chi connectivity index (χ0n) is 18.5. The van der Waals surface area contributed by atoms with Gasteiger partial charge in [0.1, 0.15) is 0 Å². The van der Waals surface area contributed by atoms with Gasteiger partial charge in [-0.25, -0.2) is 0 Å². The maximum absolute atomic E-state index is 2.56. The fourth-order valence-electron chi connectivity index (χ4n) is 5.37. The van der Waals surface area contributed by atoms with Crippen LogP contribution in [0.4, 0.5) is 0 Å². The van der Waals surface area contributed by atoms with Gasteiger partial charge in [0.25, 0.3) is 0 Å². The maximum atomic E-state index is 2.56. The molecule has 35 heavy (non-hydrogen) atoms. The minimum Gasteiger partial charge on any atom is -1.00 e. The smallest absolute Gasteiger partial charge is 1.00 e. The summed E-state index contributed by atoms with van der Waals surface area (Å²) >= 11 is 3.50. The quantitative estimate of drug-likeness (QED) is 0.297. The summed E-state index contributed by atoms with van der Waals surface area (Å²) in [5, 5.41) is 0. The van der Waals surface area contributed by atoms with Crippen molar-refractivity contribution in [2.24, 2.45) is 0 Å². The number of hydrogen-bond acceptors (Lipinski definition) is 1. The minimum atomic E-state index is -0.979. The number of allylic oxidation sites excluding steroid dienone is 2. The van der Waals surface area contributed by atoms with Gasteiger partial charge in [0.15, 0.2) is 0 Å². The van der Waals surface area contributed by atoms with E-state index in [2.05, 4.69) is 126 Å². The molecule has 0 nitrogen and oxygen atoms in total. The van der Waals surface area contributed by atoms with Gasteiger partial charge in [0.05, 0.1) is 0 Å². The molecule has 0 radical (unpaired) electrons. The SMILES string of the molecule is Ic1cccc2c1[CH]([Zr+2][CH]1C3=Cc4c(cccc41)Sc1cccc3c1)C(c1ccccc1)=C2.[Cl-].[Cl-].